The first kappa shape index (κ1) is 20.0. The van der Waals surface area contributed by atoms with Gasteiger partial charge in [-0.1, -0.05) is 32.0 Å². The number of carbonyl (C=O) groups is 2. The van der Waals surface area contributed by atoms with Gasteiger partial charge in [0, 0.05) is 37.0 Å². The van der Waals surface area contributed by atoms with Crippen LogP contribution in [-0.4, -0.2) is 35.1 Å². The summed E-state index contributed by atoms with van der Waals surface area (Å²) < 4.78 is 7.20. The monoisotopic (exact) mass is 360 g/mol. The van der Waals surface area contributed by atoms with Crippen molar-refractivity contribution in [1.82, 2.24) is 9.88 Å². The molecular formula is C20H30N3O3+. The minimum Gasteiger partial charge on any atom is -0.464 e. The lowest BCUT2D eigenvalue weighted by atomic mass is 10.0. The molecule has 1 unspecified atom stereocenters. The van der Waals surface area contributed by atoms with Crippen LogP contribution in [-0.2, 0) is 27.8 Å². The van der Waals surface area contributed by atoms with Gasteiger partial charge in [0.15, 0.2) is 6.04 Å². The van der Waals surface area contributed by atoms with Gasteiger partial charge >= 0.3 is 5.97 Å². The third-order valence-electron chi connectivity index (χ3n) is 4.42. The third kappa shape index (κ3) is 4.85. The second-order valence-corrected chi connectivity index (χ2v) is 7.13. The Morgan fingerprint density at radius 1 is 1.27 bits per heavy atom. The maximum absolute atomic E-state index is 12.5. The maximum Gasteiger partial charge on any atom is 0.328 e. The summed E-state index contributed by atoms with van der Waals surface area (Å²) in [5, 5.41) is 3.92. The molecule has 6 nitrogen and oxygen atoms in total. The molecular weight excluding hydrogens is 330 g/mol. The van der Waals surface area contributed by atoms with Crippen LogP contribution in [0.4, 0.5) is 0 Å². The lowest BCUT2D eigenvalue weighted by molar-refractivity contribution is -0.406. The Morgan fingerprint density at radius 2 is 1.96 bits per heavy atom. The van der Waals surface area contributed by atoms with Crippen LogP contribution in [0.25, 0.3) is 10.9 Å². The van der Waals surface area contributed by atoms with Crippen LogP contribution in [0.5, 0.6) is 0 Å². The molecule has 0 saturated heterocycles. The summed E-state index contributed by atoms with van der Waals surface area (Å²) in [7, 11) is 1.97. The van der Waals surface area contributed by atoms with Crippen LogP contribution in [0.15, 0.2) is 30.5 Å². The molecule has 1 heterocycles. The number of nitrogens with one attached hydrogen (secondary N) is 1. The Kier molecular flexibility index (Phi) is 6.80. The van der Waals surface area contributed by atoms with E-state index in [1.54, 1.807) is 6.92 Å². The Hall–Kier alpha value is -2.34. The van der Waals surface area contributed by atoms with Crippen molar-refractivity contribution in [2.75, 3.05) is 6.61 Å². The van der Waals surface area contributed by atoms with E-state index in [0.29, 0.717) is 18.8 Å². The number of para-hydroxylation sites is 1. The number of hydrogen-bond donors (Lipinski definition) is 2. The van der Waals surface area contributed by atoms with E-state index < -0.39 is 12.0 Å². The van der Waals surface area contributed by atoms with Gasteiger partial charge < -0.3 is 20.4 Å². The summed E-state index contributed by atoms with van der Waals surface area (Å²) >= 11 is 0. The number of fused-ring (bicyclic) bond motifs is 1. The molecule has 1 amide bonds. The third-order valence-corrected chi connectivity index (χ3v) is 4.42. The lowest BCUT2D eigenvalue weighted by Crippen LogP contribution is -2.69. The molecule has 6 heteroatoms. The van der Waals surface area contributed by atoms with Crippen molar-refractivity contribution in [2.45, 2.75) is 45.7 Å². The number of esters is 1. The Labute approximate surface area is 154 Å². The van der Waals surface area contributed by atoms with E-state index in [9.17, 15) is 9.59 Å². The molecule has 0 radical (unpaired) electrons. The second-order valence-electron chi connectivity index (χ2n) is 7.13. The van der Waals surface area contributed by atoms with Gasteiger partial charge in [-0.25, -0.2) is 4.79 Å². The average molecular weight is 360 g/mol. The molecule has 2 aromatic rings. The number of benzene rings is 1. The van der Waals surface area contributed by atoms with Crippen molar-refractivity contribution in [3.63, 3.8) is 0 Å². The zero-order chi connectivity index (χ0) is 19.3. The number of aryl methyl sites for hydroxylation is 1. The lowest BCUT2D eigenvalue weighted by Gasteiger charge is -2.19. The van der Waals surface area contributed by atoms with Crippen molar-refractivity contribution in [3.05, 3.63) is 36.0 Å². The summed E-state index contributed by atoms with van der Waals surface area (Å²) in [6.45, 7) is 6.13. The van der Waals surface area contributed by atoms with Gasteiger partial charge in [0.2, 0.25) is 0 Å². The topological polar surface area (TPSA) is 88.0 Å². The Bertz CT molecular complexity index is 767. The van der Waals surface area contributed by atoms with E-state index >= 15 is 0 Å². The van der Waals surface area contributed by atoms with Crippen LogP contribution in [0.3, 0.4) is 0 Å². The largest absolute Gasteiger partial charge is 0.464 e. The molecule has 0 fully saturated rings. The fourth-order valence-electron chi connectivity index (χ4n) is 3.21. The molecule has 0 aliphatic heterocycles. The van der Waals surface area contributed by atoms with Crippen LogP contribution >= 0.6 is 0 Å². The SMILES string of the molecule is CCOC(=O)C(Cc1cn(C)c2ccccc12)NC(=O)[C@@H]([NH3+])CC(C)C. The van der Waals surface area contributed by atoms with Gasteiger partial charge in [0.1, 0.15) is 6.04 Å². The van der Waals surface area contributed by atoms with Crippen molar-refractivity contribution in [1.29, 1.82) is 0 Å². The van der Waals surface area contributed by atoms with Gasteiger partial charge in [-0.2, -0.15) is 0 Å². The minimum absolute atomic E-state index is 0.211. The number of carbonyl (C=O) groups excluding carboxylic acids is 2. The molecule has 26 heavy (non-hydrogen) atoms. The highest BCUT2D eigenvalue weighted by Gasteiger charge is 2.28. The highest BCUT2D eigenvalue weighted by Crippen LogP contribution is 2.22. The van der Waals surface area contributed by atoms with Crippen molar-refractivity contribution >= 4 is 22.8 Å². The second kappa shape index (κ2) is 8.85. The van der Waals surface area contributed by atoms with E-state index in [2.05, 4.69) is 11.1 Å². The van der Waals surface area contributed by atoms with E-state index in [4.69, 9.17) is 4.74 Å². The van der Waals surface area contributed by atoms with E-state index in [-0.39, 0.29) is 18.6 Å². The number of quaternary nitrogens is 1. The van der Waals surface area contributed by atoms with E-state index in [1.807, 2.05) is 55.9 Å². The molecule has 0 saturated carbocycles. The van der Waals surface area contributed by atoms with Crippen LogP contribution in [0, 0.1) is 5.92 Å². The number of hydrogen-bond acceptors (Lipinski definition) is 3. The molecule has 2 atom stereocenters. The number of ether oxygens (including phenoxy) is 1. The minimum atomic E-state index is -0.718. The number of amides is 1. The molecule has 1 aromatic carbocycles. The number of nitrogens with zero attached hydrogens (tertiary/aromatic N) is 1. The highest BCUT2D eigenvalue weighted by molar-refractivity contribution is 5.88. The molecule has 0 spiro atoms. The van der Waals surface area contributed by atoms with Crippen LogP contribution in [0.1, 0.15) is 32.8 Å². The predicted molar refractivity (Wildman–Crippen MR) is 101 cm³/mol. The number of aromatic nitrogens is 1. The van der Waals surface area contributed by atoms with Gasteiger partial charge in [-0.05, 0) is 24.5 Å². The predicted octanol–water partition coefficient (Wildman–Crippen LogP) is 1.43. The molecule has 0 aliphatic carbocycles. The van der Waals surface area contributed by atoms with Gasteiger partial charge in [0.05, 0.1) is 6.61 Å². The first-order valence-corrected chi connectivity index (χ1v) is 9.16. The summed E-state index contributed by atoms with van der Waals surface area (Å²) in [5.41, 5.74) is 6.02. The highest BCUT2D eigenvalue weighted by atomic mass is 16.5. The fourth-order valence-corrected chi connectivity index (χ4v) is 3.21. The van der Waals surface area contributed by atoms with Crippen molar-refractivity contribution in [3.8, 4) is 0 Å². The van der Waals surface area contributed by atoms with Crippen LogP contribution in [0.2, 0.25) is 0 Å². The standard InChI is InChI=1S/C20H29N3O3/c1-5-26-20(25)17(22-19(24)16(21)10-13(2)3)11-14-12-23(4)18-9-7-6-8-15(14)18/h6-9,12-13,16-17H,5,10-11,21H2,1-4H3,(H,22,24)/p+1/t16-,17?/m0/s1. The number of rotatable bonds is 8. The zero-order valence-electron chi connectivity index (χ0n) is 16.1. The van der Waals surface area contributed by atoms with Crippen LogP contribution < -0.4 is 11.1 Å². The van der Waals surface area contributed by atoms with E-state index in [1.165, 1.54) is 0 Å². The van der Waals surface area contributed by atoms with Crippen molar-refractivity contribution < 1.29 is 20.1 Å². The molecule has 4 N–H and O–H groups in total. The van der Waals surface area contributed by atoms with Gasteiger partial charge in [-0.15, -0.1) is 0 Å². The Morgan fingerprint density at radius 3 is 2.62 bits per heavy atom. The average Bonchev–Trinajstić information content (AvgIpc) is 2.90. The quantitative estimate of drug-likeness (QED) is 0.698. The zero-order valence-corrected chi connectivity index (χ0v) is 16.1. The first-order chi connectivity index (χ1) is 12.3. The first-order valence-electron chi connectivity index (χ1n) is 9.16. The maximum atomic E-state index is 12.5. The molecule has 2 rings (SSSR count). The Balaban J connectivity index is 2.21. The summed E-state index contributed by atoms with van der Waals surface area (Å²) in [6, 6.07) is 6.90. The van der Waals surface area contributed by atoms with Gasteiger partial charge in [-0.3, -0.25) is 4.79 Å². The van der Waals surface area contributed by atoms with Gasteiger partial charge in [0.25, 0.3) is 5.91 Å². The summed E-state index contributed by atoms with van der Waals surface area (Å²) in [4.78, 5) is 24.9. The normalized spacial score (nSPS) is 13.6. The summed E-state index contributed by atoms with van der Waals surface area (Å²) in [6.07, 6.45) is 3.06. The summed E-state index contributed by atoms with van der Waals surface area (Å²) in [5.74, 6) is -0.259. The fraction of sp³-hybridized carbons (Fsp3) is 0.500. The smallest absolute Gasteiger partial charge is 0.328 e. The molecule has 1 aromatic heterocycles. The molecule has 142 valence electrons. The molecule has 0 aliphatic rings. The molecule has 0 bridgehead atoms. The van der Waals surface area contributed by atoms with Crippen molar-refractivity contribution in [2.24, 2.45) is 13.0 Å². The van der Waals surface area contributed by atoms with E-state index in [0.717, 1.165) is 16.5 Å².